The summed E-state index contributed by atoms with van der Waals surface area (Å²) in [6.45, 7) is 0. The van der Waals surface area contributed by atoms with Gasteiger partial charge in [0.15, 0.2) is 0 Å². The summed E-state index contributed by atoms with van der Waals surface area (Å²) >= 11 is 0. The fourth-order valence-electron chi connectivity index (χ4n) is 8.61. The Bertz CT molecular complexity index is 2980. The van der Waals surface area contributed by atoms with E-state index in [1.54, 1.807) is 0 Å². The van der Waals surface area contributed by atoms with E-state index in [9.17, 15) is 0 Å². The Morgan fingerprint density at radius 1 is 0.192 bits per heavy atom. The van der Waals surface area contributed by atoms with E-state index < -0.39 is 0 Å². The average Bonchev–Trinajstić information content (AvgIpc) is 3.54. The lowest BCUT2D eigenvalue weighted by Gasteiger charge is -2.13. The summed E-state index contributed by atoms with van der Waals surface area (Å²) in [6, 6.07) is 71.7. The van der Waals surface area contributed by atoms with Crippen molar-refractivity contribution < 1.29 is 0 Å². The van der Waals surface area contributed by atoms with Crippen LogP contribution in [0.25, 0.3) is 110 Å². The quantitative estimate of drug-likeness (QED) is 0.165. The van der Waals surface area contributed by atoms with Gasteiger partial charge in [0.2, 0.25) is 0 Å². The van der Waals surface area contributed by atoms with E-state index in [0.29, 0.717) is 0 Å². The summed E-state index contributed by atoms with van der Waals surface area (Å²) in [7, 11) is 0. The highest BCUT2D eigenvalue weighted by atomic mass is 14.3. The van der Waals surface area contributed by atoms with Crippen LogP contribution in [-0.2, 0) is 0 Å². The maximum absolute atomic E-state index is 2.40. The van der Waals surface area contributed by atoms with Crippen molar-refractivity contribution in [3.63, 3.8) is 0 Å². The zero-order chi connectivity index (χ0) is 34.2. The van der Waals surface area contributed by atoms with Gasteiger partial charge in [-0.3, -0.25) is 0 Å². The van der Waals surface area contributed by atoms with Crippen LogP contribution < -0.4 is 0 Å². The van der Waals surface area contributed by atoms with Crippen LogP contribution >= 0.6 is 0 Å². The van der Waals surface area contributed by atoms with Gasteiger partial charge >= 0.3 is 0 Å². The molecule has 0 aliphatic heterocycles. The molecule has 11 rings (SSSR count). The first-order valence-electron chi connectivity index (χ1n) is 18.1. The van der Waals surface area contributed by atoms with E-state index in [1.807, 2.05) is 0 Å². The Labute approximate surface area is 302 Å². The largest absolute Gasteiger partial charge is 0.0622 e. The van der Waals surface area contributed by atoms with Gasteiger partial charge in [-0.25, -0.2) is 0 Å². The lowest BCUT2D eigenvalue weighted by Crippen LogP contribution is -1.87. The highest BCUT2D eigenvalue weighted by Crippen LogP contribution is 2.50. The van der Waals surface area contributed by atoms with Crippen molar-refractivity contribution in [2.75, 3.05) is 0 Å². The van der Waals surface area contributed by atoms with Crippen molar-refractivity contribution in [1.29, 1.82) is 0 Å². The average molecular weight is 657 g/mol. The van der Waals surface area contributed by atoms with Gasteiger partial charge in [0.1, 0.15) is 0 Å². The molecule has 1 aliphatic rings. The van der Waals surface area contributed by atoms with Crippen LogP contribution in [0.1, 0.15) is 0 Å². The fourth-order valence-corrected chi connectivity index (χ4v) is 8.61. The summed E-state index contributed by atoms with van der Waals surface area (Å²) in [5.41, 5.74) is 15.2. The minimum Gasteiger partial charge on any atom is -0.0622 e. The number of hydrogen-bond acceptors (Lipinski definition) is 0. The molecule has 0 heteroatoms. The zero-order valence-corrected chi connectivity index (χ0v) is 28.5. The normalized spacial score (nSPS) is 11.8. The standard InChI is InChI=1S/C52H32/c1-3-10-33(11-4-1)42-29-43(34-12-5-2-6-13-34)31-44(30-42)39-21-20-35-26-36(18-19-37(35)27-39)38-24-25-45-40(28-38)22-23-41-32-50-47-15-8-7-14-46(47)48-16-9-17-49(51(41)45)52(48)50/h1-32H. The van der Waals surface area contributed by atoms with Crippen LogP contribution in [0.15, 0.2) is 194 Å². The molecule has 10 aromatic rings. The molecular formula is C52H32. The monoisotopic (exact) mass is 656 g/mol. The molecule has 0 spiro atoms. The first-order valence-corrected chi connectivity index (χ1v) is 18.1. The summed E-state index contributed by atoms with van der Waals surface area (Å²) in [4.78, 5) is 0. The molecule has 0 atom stereocenters. The zero-order valence-electron chi connectivity index (χ0n) is 28.5. The molecule has 1 aliphatic carbocycles. The summed E-state index contributed by atoms with van der Waals surface area (Å²) in [6.07, 6.45) is 0. The third kappa shape index (κ3) is 4.55. The van der Waals surface area contributed by atoms with E-state index in [1.165, 1.54) is 110 Å². The molecule has 0 saturated carbocycles. The van der Waals surface area contributed by atoms with Crippen molar-refractivity contribution in [2.24, 2.45) is 0 Å². The molecular weight excluding hydrogens is 625 g/mol. The van der Waals surface area contributed by atoms with Gasteiger partial charge in [-0.2, -0.15) is 0 Å². The van der Waals surface area contributed by atoms with Crippen molar-refractivity contribution in [3.05, 3.63) is 194 Å². The van der Waals surface area contributed by atoms with Crippen LogP contribution in [0.3, 0.4) is 0 Å². The van der Waals surface area contributed by atoms with Crippen LogP contribution in [-0.4, -0.2) is 0 Å². The van der Waals surface area contributed by atoms with Crippen molar-refractivity contribution in [2.45, 2.75) is 0 Å². The predicted molar refractivity (Wildman–Crippen MR) is 223 cm³/mol. The molecule has 0 amide bonds. The molecule has 0 fully saturated rings. The molecule has 0 unspecified atom stereocenters. The SMILES string of the molecule is c1ccc(-c2cc(-c3ccccc3)cc(-c3ccc4cc(-c5ccc6c(ccc7cc8c9c(cccc9c76)-c6ccccc6-8)c5)ccc4c3)c2)cc1. The van der Waals surface area contributed by atoms with E-state index in [-0.39, 0.29) is 0 Å². The topological polar surface area (TPSA) is 0 Å². The van der Waals surface area contributed by atoms with Crippen LogP contribution in [0, 0.1) is 0 Å². The molecule has 0 N–H and O–H groups in total. The highest BCUT2D eigenvalue weighted by molar-refractivity contribution is 6.28. The lowest BCUT2D eigenvalue weighted by molar-refractivity contribution is 1.57. The Morgan fingerprint density at radius 3 is 1.33 bits per heavy atom. The maximum Gasteiger partial charge on any atom is -0.00197 e. The Hall–Kier alpha value is -6.76. The first kappa shape index (κ1) is 29.0. The Morgan fingerprint density at radius 2 is 0.673 bits per heavy atom. The molecule has 0 bridgehead atoms. The van der Waals surface area contributed by atoms with Crippen LogP contribution in [0.2, 0.25) is 0 Å². The summed E-state index contributed by atoms with van der Waals surface area (Å²) in [5.74, 6) is 0. The van der Waals surface area contributed by atoms with Gasteiger partial charge in [0.25, 0.3) is 0 Å². The van der Waals surface area contributed by atoms with E-state index in [4.69, 9.17) is 0 Å². The molecule has 0 saturated heterocycles. The highest BCUT2D eigenvalue weighted by Gasteiger charge is 2.22. The molecule has 52 heavy (non-hydrogen) atoms. The molecule has 0 nitrogen and oxygen atoms in total. The van der Waals surface area contributed by atoms with Crippen molar-refractivity contribution >= 4 is 43.1 Å². The second kappa shape index (κ2) is 11.4. The van der Waals surface area contributed by atoms with Gasteiger partial charge in [-0.05, 0) is 152 Å². The third-order valence-electron chi connectivity index (χ3n) is 11.1. The Balaban J connectivity index is 0.990. The van der Waals surface area contributed by atoms with Gasteiger partial charge in [-0.15, -0.1) is 0 Å². The Kier molecular flexibility index (Phi) is 6.35. The van der Waals surface area contributed by atoms with Gasteiger partial charge in [0, 0.05) is 0 Å². The minimum atomic E-state index is 1.22. The minimum absolute atomic E-state index is 1.22. The summed E-state index contributed by atoms with van der Waals surface area (Å²) in [5, 5.41) is 10.4. The smallest absolute Gasteiger partial charge is 0.00197 e. The van der Waals surface area contributed by atoms with E-state index in [2.05, 4.69) is 194 Å². The number of hydrogen-bond donors (Lipinski definition) is 0. The van der Waals surface area contributed by atoms with Gasteiger partial charge in [-0.1, -0.05) is 152 Å². The summed E-state index contributed by atoms with van der Waals surface area (Å²) < 4.78 is 0. The van der Waals surface area contributed by atoms with E-state index >= 15 is 0 Å². The number of rotatable bonds is 4. The number of benzene rings is 10. The molecule has 0 heterocycles. The van der Waals surface area contributed by atoms with Crippen molar-refractivity contribution in [3.8, 4) is 66.8 Å². The molecule has 0 aromatic heterocycles. The van der Waals surface area contributed by atoms with Crippen molar-refractivity contribution in [1.82, 2.24) is 0 Å². The number of fused-ring (bicyclic) bond motifs is 8. The lowest BCUT2D eigenvalue weighted by atomic mass is 9.91. The first-order chi connectivity index (χ1) is 25.7. The maximum atomic E-state index is 2.40. The second-order valence-electron chi connectivity index (χ2n) is 14.1. The second-order valence-corrected chi connectivity index (χ2v) is 14.1. The fraction of sp³-hybridized carbons (Fsp3) is 0. The predicted octanol–water partition coefficient (Wildman–Crippen LogP) is 14.6. The third-order valence-corrected chi connectivity index (χ3v) is 11.1. The van der Waals surface area contributed by atoms with Crippen LogP contribution in [0.5, 0.6) is 0 Å². The van der Waals surface area contributed by atoms with Crippen LogP contribution in [0.4, 0.5) is 0 Å². The molecule has 10 aromatic carbocycles. The molecule has 240 valence electrons. The van der Waals surface area contributed by atoms with E-state index in [0.717, 1.165) is 0 Å². The van der Waals surface area contributed by atoms with Gasteiger partial charge < -0.3 is 0 Å². The van der Waals surface area contributed by atoms with Gasteiger partial charge in [0.05, 0.1) is 0 Å². The molecule has 0 radical (unpaired) electrons.